The Balaban J connectivity index is 0.00000392. The predicted octanol–water partition coefficient (Wildman–Crippen LogP) is 4.05. The Bertz CT molecular complexity index is 858. The van der Waals surface area contributed by atoms with E-state index >= 15 is 0 Å². The first kappa shape index (κ1) is 23.6. The van der Waals surface area contributed by atoms with Crippen molar-refractivity contribution in [2.75, 3.05) is 20.7 Å². The topological polar surface area (TPSA) is 45.7 Å². The van der Waals surface area contributed by atoms with Crippen molar-refractivity contribution in [3.8, 4) is 17.6 Å². The molecule has 0 saturated heterocycles. The summed E-state index contributed by atoms with van der Waals surface area (Å²) in [5.74, 6) is 6.81. The second-order valence-corrected chi connectivity index (χ2v) is 5.51. The Hall–Kier alpha value is -2.41. The molecule has 2 rings (SSSR count). The molecule has 0 aliphatic rings. The van der Waals surface area contributed by atoms with Crippen LogP contribution >= 0.6 is 24.0 Å². The molecule has 0 atom stereocenters. The molecular formula is C20H21F3IN3O. The Morgan fingerprint density at radius 1 is 1.11 bits per heavy atom. The summed E-state index contributed by atoms with van der Waals surface area (Å²) >= 11 is 0. The maximum atomic E-state index is 12.7. The predicted molar refractivity (Wildman–Crippen MR) is 115 cm³/mol. The molecule has 150 valence electrons. The van der Waals surface area contributed by atoms with E-state index in [2.05, 4.69) is 27.5 Å². The van der Waals surface area contributed by atoms with E-state index < -0.39 is 11.7 Å². The zero-order chi connectivity index (χ0) is 19.7. The van der Waals surface area contributed by atoms with Gasteiger partial charge in [0.25, 0.3) is 0 Å². The Kier molecular flexibility index (Phi) is 9.65. The van der Waals surface area contributed by atoms with Crippen molar-refractivity contribution in [1.82, 2.24) is 10.6 Å². The van der Waals surface area contributed by atoms with Gasteiger partial charge in [-0.25, -0.2) is 0 Å². The van der Waals surface area contributed by atoms with Gasteiger partial charge in [0.05, 0.1) is 19.2 Å². The fraction of sp³-hybridized carbons (Fsp3) is 0.250. The smallest absolute Gasteiger partial charge is 0.416 e. The van der Waals surface area contributed by atoms with Gasteiger partial charge in [0.2, 0.25) is 0 Å². The van der Waals surface area contributed by atoms with Crippen LogP contribution < -0.4 is 15.4 Å². The largest absolute Gasteiger partial charge is 0.497 e. The number of rotatable bonds is 4. The van der Waals surface area contributed by atoms with Crippen molar-refractivity contribution in [2.24, 2.45) is 4.99 Å². The number of guanidine groups is 1. The number of methoxy groups -OCH3 is 1. The van der Waals surface area contributed by atoms with E-state index in [4.69, 9.17) is 4.74 Å². The average molecular weight is 503 g/mol. The number of hydrogen-bond donors (Lipinski definition) is 2. The van der Waals surface area contributed by atoms with Gasteiger partial charge in [-0.1, -0.05) is 30.0 Å². The molecule has 0 aliphatic heterocycles. The Morgan fingerprint density at radius 2 is 1.86 bits per heavy atom. The summed E-state index contributed by atoms with van der Waals surface area (Å²) in [6.45, 7) is 0.784. The summed E-state index contributed by atoms with van der Waals surface area (Å²) in [4.78, 5) is 4.08. The van der Waals surface area contributed by atoms with E-state index in [9.17, 15) is 13.2 Å². The summed E-state index contributed by atoms with van der Waals surface area (Å²) in [7, 11) is 3.23. The molecule has 2 aromatic rings. The third-order valence-corrected chi connectivity index (χ3v) is 3.58. The molecule has 4 nitrogen and oxygen atoms in total. The summed E-state index contributed by atoms with van der Waals surface area (Å²) in [5.41, 5.74) is 0.622. The molecule has 2 aromatic carbocycles. The van der Waals surface area contributed by atoms with Crippen LogP contribution in [0.1, 0.15) is 16.7 Å². The third-order valence-electron chi connectivity index (χ3n) is 3.58. The lowest BCUT2D eigenvalue weighted by atomic mass is 10.1. The quantitative estimate of drug-likeness (QED) is 0.287. The van der Waals surface area contributed by atoms with E-state index in [1.165, 1.54) is 12.1 Å². The van der Waals surface area contributed by atoms with Crippen LogP contribution in [0.2, 0.25) is 0 Å². The third kappa shape index (κ3) is 7.68. The van der Waals surface area contributed by atoms with Gasteiger partial charge in [0.1, 0.15) is 5.75 Å². The second-order valence-electron chi connectivity index (χ2n) is 5.51. The van der Waals surface area contributed by atoms with Crippen LogP contribution in [-0.4, -0.2) is 26.7 Å². The monoisotopic (exact) mass is 503 g/mol. The van der Waals surface area contributed by atoms with E-state index in [-0.39, 0.29) is 30.5 Å². The second kappa shape index (κ2) is 11.4. The van der Waals surface area contributed by atoms with E-state index in [0.29, 0.717) is 18.1 Å². The highest BCUT2D eigenvalue weighted by Gasteiger charge is 2.30. The van der Waals surface area contributed by atoms with Crippen molar-refractivity contribution < 1.29 is 17.9 Å². The Labute approximate surface area is 179 Å². The van der Waals surface area contributed by atoms with Gasteiger partial charge in [-0.15, -0.1) is 24.0 Å². The van der Waals surface area contributed by atoms with Gasteiger partial charge in [-0.3, -0.25) is 4.99 Å². The summed E-state index contributed by atoms with van der Waals surface area (Å²) in [5, 5.41) is 6.13. The van der Waals surface area contributed by atoms with Crippen LogP contribution in [0, 0.1) is 11.8 Å². The minimum absolute atomic E-state index is 0. The fourth-order valence-corrected chi connectivity index (χ4v) is 2.24. The highest BCUT2D eigenvalue weighted by atomic mass is 127. The van der Waals surface area contributed by atoms with Crippen molar-refractivity contribution >= 4 is 29.9 Å². The molecule has 8 heteroatoms. The Morgan fingerprint density at radius 3 is 2.54 bits per heavy atom. The SMILES string of the molecule is CN=C(NCC#Cc1cccc(C(F)(F)F)c1)NCc1cccc(OC)c1.I. The van der Waals surface area contributed by atoms with Gasteiger partial charge in [0.15, 0.2) is 5.96 Å². The number of nitrogens with zero attached hydrogens (tertiary/aromatic N) is 1. The van der Waals surface area contributed by atoms with Crippen LogP contribution in [0.4, 0.5) is 13.2 Å². The molecule has 0 unspecified atom stereocenters. The van der Waals surface area contributed by atoms with Gasteiger partial charge < -0.3 is 15.4 Å². The molecular weight excluding hydrogens is 482 g/mol. The number of aliphatic imine (C=N–C) groups is 1. The van der Waals surface area contributed by atoms with Crippen molar-refractivity contribution in [2.45, 2.75) is 12.7 Å². The molecule has 0 bridgehead atoms. The highest BCUT2D eigenvalue weighted by Crippen LogP contribution is 2.29. The minimum atomic E-state index is -4.37. The molecule has 0 heterocycles. The average Bonchev–Trinajstić information content (AvgIpc) is 2.67. The maximum absolute atomic E-state index is 12.7. The zero-order valence-electron chi connectivity index (χ0n) is 15.4. The molecule has 0 amide bonds. The maximum Gasteiger partial charge on any atom is 0.416 e. The van der Waals surface area contributed by atoms with Gasteiger partial charge >= 0.3 is 6.18 Å². The van der Waals surface area contributed by atoms with Crippen molar-refractivity contribution in [3.63, 3.8) is 0 Å². The molecule has 0 aliphatic carbocycles. The van der Waals surface area contributed by atoms with Crippen LogP contribution in [0.5, 0.6) is 5.75 Å². The summed E-state index contributed by atoms with van der Waals surface area (Å²) in [6, 6.07) is 12.6. The van der Waals surface area contributed by atoms with Crippen molar-refractivity contribution in [3.05, 3.63) is 65.2 Å². The summed E-state index contributed by atoms with van der Waals surface area (Å²) in [6.07, 6.45) is -4.37. The number of ether oxygens (including phenoxy) is 1. The van der Waals surface area contributed by atoms with E-state index in [1.54, 1.807) is 14.2 Å². The van der Waals surface area contributed by atoms with Gasteiger partial charge in [-0.05, 0) is 35.9 Å². The number of benzene rings is 2. The minimum Gasteiger partial charge on any atom is -0.497 e. The van der Waals surface area contributed by atoms with Crippen LogP contribution in [0.25, 0.3) is 0 Å². The number of halogens is 4. The normalized spacial score (nSPS) is 11.0. The lowest BCUT2D eigenvalue weighted by Crippen LogP contribution is -2.36. The van der Waals surface area contributed by atoms with Gasteiger partial charge in [-0.2, -0.15) is 13.2 Å². The molecule has 0 aromatic heterocycles. The molecule has 0 radical (unpaired) electrons. The highest BCUT2D eigenvalue weighted by molar-refractivity contribution is 14.0. The van der Waals surface area contributed by atoms with E-state index in [1.807, 2.05) is 24.3 Å². The lowest BCUT2D eigenvalue weighted by molar-refractivity contribution is -0.137. The molecule has 0 spiro atoms. The fourth-order valence-electron chi connectivity index (χ4n) is 2.24. The first-order valence-electron chi connectivity index (χ1n) is 8.16. The first-order valence-corrected chi connectivity index (χ1v) is 8.16. The van der Waals surface area contributed by atoms with E-state index in [0.717, 1.165) is 23.4 Å². The molecule has 2 N–H and O–H groups in total. The van der Waals surface area contributed by atoms with Crippen molar-refractivity contribution in [1.29, 1.82) is 0 Å². The lowest BCUT2D eigenvalue weighted by Gasteiger charge is -2.10. The van der Waals surface area contributed by atoms with Crippen LogP contribution in [0.3, 0.4) is 0 Å². The molecule has 28 heavy (non-hydrogen) atoms. The number of nitrogens with one attached hydrogen (secondary N) is 2. The first-order chi connectivity index (χ1) is 12.9. The van der Waals surface area contributed by atoms with Crippen LogP contribution in [-0.2, 0) is 12.7 Å². The molecule has 0 saturated carbocycles. The molecule has 0 fully saturated rings. The van der Waals surface area contributed by atoms with Crippen LogP contribution in [0.15, 0.2) is 53.5 Å². The summed E-state index contributed by atoms with van der Waals surface area (Å²) < 4.78 is 43.2. The van der Waals surface area contributed by atoms with Gasteiger partial charge in [0, 0.05) is 19.2 Å². The standard InChI is InChI=1S/C20H20F3N3O.HI/c1-24-19(26-14-16-7-4-10-18(13-16)27-2)25-11-5-8-15-6-3-9-17(12-15)20(21,22)23;/h3-4,6-7,9-10,12-13H,11,14H2,1-2H3,(H2,24,25,26);1H. The number of hydrogen-bond acceptors (Lipinski definition) is 2. The number of alkyl halides is 3. The zero-order valence-corrected chi connectivity index (χ0v) is 17.8.